The van der Waals surface area contributed by atoms with Gasteiger partial charge in [0.2, 0.25) is 5.91 Å². The molecule has 1 atom stereocenters. The highest BCUT2D eigenvalue weighted by molar-refractivity contribution is 5.76. The Morgan fingerprint density at radius 3 is 2.50 bits per heavy atom. The predicted molar refractivity (Wildman–Crippen MR) is 53.0 cm³/mol. The van der Waals surface area contributed by atoms with Crippen molar-refractivity contribution < 1.29 is 14.7 Å². The number of hydrogen-bond donors (Lipinski definition) is 3. The molecular weight excluding hydrogens is 184 g/mol. The monoisotopic (exact) mass is 202 g/mol. The highest BCUT2D eigenvalue weighted by Gasteiger charge is 2.08. The summed E-state index contributed by atoms with van der Waals surface area (Å²) in [5.41, 5.74) is 0. The van der Waals surface area contributed by atoms with Crippen molar-refractivity contribution in [3.8, 4) is 0 Å². The molecule has 0 aromatic carbocycles. The second-order valence-corrected chi connectivity index (χ2v) is 3.25. The number of nitrogens with one attached hydrogen (secondary N) is 2. The molecule has 0 rings (SSSR count). The number of carbonyl (C=O) groups excluding carboxylic acids is 1. The minimum absolute atomic E-state index is 0.0442. The minimum Gasteiger partial charge on any atom is -0.481 e. The molecule has 5 heteroatoms. The lowest BCUT2D eigenvalue weighted by atomic mass is 10.2. The Hall–Kier alpha value is -1.10. The molecule has 14 heavy (non-hydrogen) atoms. The van der Waals surface area contributed by atoms with Gasteiger partial charge in [-0.1, -0.05) is 0 Å². The third-order valence-corrected chi connectivity index (χ3v) is 1.80. The molecule has 0 heterocycles. The second-order valence-electron chi connectivity index (χ2n) is 3.25. The zero-order valence-electron chi connectivity index (χ0n) is 8.67. The van der Waals surface area contributed by atoms with E-state index in [2.05, 4.69) is 10.6 Å². The molecule has 0 aliphatic carbocycles. The topological polar surface area (TPSA) is 78.4 Å². The van der Waals surface area contributed by atoms with E-state index in [9.17, 15) is 9.59 Å². The molecular formula is C9H18N2O3. The third-order valence-electron chi connectivity index (χ3n) is 1.80. The molecule has 0 aliphatic heterocycles. The first-order valence-electron chi connectivity index (χ1n) is 4.72. The molecule has 5 nitrogen and oxygen atoms in total. The zero-order valence-corrected chi connectivity index (χ0v) is 8.67. The van der Waals surface area contributed by atoms with E-state index >= 15 is 0 Å². The number of rotatable bonds is 7. The number of carboxylic acids is 1. The summed E-state index contributed by atoms with van der Waals surface area (Å²) >= 11 is 0. The molecule has 0 radical (unpaired) electrons. The van der Waals surface area contributed by atoms with E-state index < -0.39 is 5.97 Å². The van der Waals surface area contributed by atoms with E-state index in [4.69, 9.17) is 5.11 Å². The van der Waals surface area contributed by atoms with Crippen LogP contribution in [0.3, 0.4) is 0 Å². The maximum absolute atomic E-state index is 11.2. The summed E-state index contributed by atoms with van der Waals surface area (Å²) in [4.78, 5) is 21.4. The molecule has 3 N–H and O–H groups in total. The molecule has 0 fully saturated rings. The Bertz CT molecular complexity index is 194. The van der Waals surface area contributed by atoms with Gasteiger partial charge in [0.05, 0.1) is 0 Å². The van der Waals surface area contributed by atoms with Crippen molar-refractivity contribution in [1.29, 1.82) is 0 Å². The summed E-state index contributed by atoms with van der Waals surface area (Å²) in [7, 11) is 1.78. The second kappa shape index (κ2) is 7.32. The van der Waals surface area contributed by atoms with E-state index in [1.807, 2.05) is 0 Å². The predicted octanol–water partition coefficient (Wildman–Crippen LogP) is -0.0346. The summed E-state index contributed by atoms with van der Waals surface area (Å²) in [6, 6.07) is -0.0737. The van der Waals surface area contributed by atoms with Crippen molar-refractivity contribution in [1.82, 2.24) is 10.6 Å². The third kappa shape index (κ3) is 7.54. The molecule has 1 amide bonds. The smallest absolute Gasteiger partial charge is 0.303 e. The highest BCUT2D eigenvalue weighted by Crippen LogP contribution is 1.96. The fraction of sp³-hybridized carbons (Fsp3) is 0.778. The van der Waals surface area contributed by atoms with Gasteiger partial charge in [-0.15, -0.1) is 0 Å². The Labute approximate surface area is 83.9 Å². The molecule has 0 aliphatic rings. The first-order chi connectivity index (χ1) is 6.56. The van der Waals surface area contributed by atoms with Crippen LogP contribution in [-0.2, 0) is 9.59 Å². The number of aliphatic carboxylic acids is 1. The van der Waals surface area contributed by atoms with Crippen LogP contribution in [0.4, 0.5) is 0 Å². The van der Waals surface area contributed by atoms with E-state index in [1.165, 1.54) is 0 Å². The van der Waals surface area contributed by atoms with E-state index in [-0.39, 0.29) is 18.4 Å². The standard InChI is InChI=1S/C9H18N2O3/c1-7(3-4-9(13)14)11-8(12)5-6-10-2/h7,10H,3-6H2,1-2H3,(H,11,12)(H,13,14). The summed E-state index contributed by atoms with van der Waals surface area (Å²) in [6.07, 6.45) is 0.988. The van der Waals surface area contributed by atoms with E-state index in [0.29, 0.717) is 19.4 Å². The van der Waals surface area contributed by atoms with Gasteiger partial charge in [-0.3, -0.25) is 9.59 Å². The zero-order chi connectivity index (χ0) is 11.0. The number of hydrogen-bond acceptors (Lipinski definition) is 3. The maximum atomic E-state index is 11.2. The fourth-order valence-corrected chi connectivity index (χ4v) is 0.998. The highest BCUT2D eigenvalue weighted by atomic mass is 16.4. The van der Waals surface area contributed by atoms with Crippen LogP contribution < -0.4 is 10.6 Å². The molecule has 0 bridgehead atoms. The molecule has 0 aromatic rings. The van der Waals surface area contributed by atoms with Crippen molar-refractivity contribution in [2.24, 2.45) is 0 Å². The SMILES string of the molecule is CNCCC(=O)NC(C)CCC(=O)O. The number of carboxylic acid groups (broad SMARTS) is 1. The summed E-state index contributed by atoms with van der Waals surface area (Å²) < 4.78 is 0. The summed E-state index contributed by atoms with van der Waals surface area (Å²) in [6.45, 7) is 2.44. The molecule has 82 valence electrons. The van der Waals surface area contributed by atoms with Gasteiger partial charge in [-0.05, 0) is 20.4 Å². The lowest BCUT2D eigenvalue weighted by molar-refractivity contribution is -0.137. The number of amides is 1. The van der Waals surface area contributed by atoms with Crippen LogP contribution >= 0.6 is 0 Å². The van der Waals surface area contributed by atoms with Crippen LogP contribution in [0.25, 0.3) is 0 Å². The maximum Gasteiger partial charge on any atom is 0.303 e. The normalized spacial score (nSPS) is 12.1. The van der Waals surface area contributed by atoms with Crippen LogP contribution in [0.5, 0.6) is 0 Å². The Morgan fingerprint density at radius 1 is 1.36 bits per heavy atom. The van der Waals surface area contributed by atoms with Gasteiger partial charge in [0.15, 0.2) is 0 Å². The number of carbonyl (C=O) groups is 2. The van der Waals surface area contributed by atoms with Crippen molar-refractivity contribution in [2.75, 3.05) is 13.6 Å². The molecule has 1 unspecified atom stereocenters. The average molecular weight is 202 g/mol. The molecule has 0 saturated heterocycles. The summed E-state index contributed by atoms with van der Waals surface area (Å²) in [5.74, 6) is -0.876. The van der Waals surface area contributed by atoms with Gasteiger partial charge in [0, 0.05) is 25.4 Å². The van der Waals surface area contributed by atoms with Crippen molar-refractivity contribution in [2.45, 2.75) is 32.2 Å². The Kier molecular flexibility index (Phi) is 6.74. The summed E-state index contributed by atoms with van der Waals surface area (Å²) in [5, 5.41) is 14.0. The van der Waals surface area contributed by atoms with Crippen molar-refractivity contribution in [3.05, 3.63) is 0 Å². The van der Waals surface area contributed by atoms with Gasteiger partial charge >= 0.3 is 5.97 Å². The largest absolute Gasteiger partial charge is 0.481 e. The molecule has 0 aromatic heterocycles. The van der Waals surface area contributed by atoms with E-state index in [1.54, 1.807) is 14.0 Å². The quantitative estimate of drug-likeness (QED) is 0.541. The minimum atomic E-state index is -0.832. The average Bonchev–Trinajstić information content (AvgIpc) is 2.11. The fourth-order valence-electron chi connectivity index (χ4n) is 0.998. The van der Waals surface area contributed by atoms with Crippen LogP contribution in [0.15, 0.2) is 0 Å². The lowest BCUT2D eigenvalue weighted by Gasteiger charge is -2.12. The van der Waals surface area contributed by atoms with Crippen molar-refractivity contribution in [3.63, 3.8) is 0 Å². The van der Waals surface area contributed by atoms with Crippen LogP contribution in [0, 0.1) is 0 Å². The van der Waals surface area contributed by atoms with Crippen LogP contribution in [0.1, 0.15) is 26.2 Å². The van der Waals surface area contributed by atoms with Crippen LogP contribution in [0.2, 0.25) is 0 Å². The van der Waals surface area contributed by atoms with Crippen LogP contribution in [-0.4, -0.2) is 36.6 Å². The lowest BCUT2D eigenvalue weighted by Crippen LogP contribution is -2.34. The van der Waals surface area contributed by atoms with Gasteiger partial charge in [0.25, 0.3) is 0 Å². The van der Waals surface area contributed by atoms with Gasteiger partial charge in [0.1, 0.15) is 0 Å². The molecule has 0 spiro atoms. The van der Waals surface area contributed by atoms with Gasteiger partial charge in [-0.25, -0.2) is 0 Å². The Morgan fingerprint density at radius 2 is 2.00 bits per heavy atom. The van der Waals surface area contributed by atoms with E-state index in [0.717, 1.165) is 0 Å². The molecule has 0 saturated carbocycles. The first kappa shape index (κ1) is 12.9. The van der Waals surface area contributed by atoms with Gasteiger partial charge < -0.3 is 15.7 Å². The first-order valence-corrected chi connectivity index (χ1v) is 4.72. The van der Waals surface area contributed by atoms with Gasteiger partial charge in [-0.2, -0.15) is 0 Å². The Balaban J connectivity index is 3.55. The van der Waals surface area contributed by atoms with Crippen molar-refractivity contribution >= 4 is 11.9 Å².